The molecule has 0 spiro atoms. The molecule has 0 bridgehead atoms. The Labute approximate surface area is 131 Å². The van der Waals surface area contributed by atoms with Crippen molar-refractivity contribution < 1.29 is 9.90 Å². The van der Waals surface area contributed by atoms with Crippen LogP contribution in [0.5, 0.6) is 0 Å². The van der Waals surface area contributed by atoms with Gasteiger partial charge in [-0.05, 0) is 64.0 Å². The van der Waals surface area contributed by atoms with Crippen molar-refractivity contribution in [3.8, 4) is 0 Å². The Morgan fingerprint density at radius 2 is 2.05 bits per heavy atom. The molecular formula is C16H26N2O2S. The van der Waals surface area contributed by atoms with E-state index < -0.39 is 0 Å². The highest BCUT2D eigenvalue weighted by Gasteiger charge is 2.22. The van der Waals surface area contributed by atoms with Crippen LogP contribution in [0.3, 0.4) is 0 Å². The van der Waals surface area contributed by atoms with Gasteiger partial charge in [0.25, 0.3) is 0 Å². The smallest absolute Gasteiger partial charge is 0.315 e. The van der Waals surface area contributed by atoms with Crippen LogP contribution >= 0.6 is 11.3 Å². The molecule has 1 saturated carbocycles. The van der Waals surface area contributed by atoms with Gasteiger partial charge in [0.2, 0.25) is 0 Å². The van der Waals surface area contributed by atoms with Gasteiger partial charge in [0.15, 0.2) is 0 Å². The van der Waals surface area contributed by atoms with Gasteiger partial charge in [0.05, 0.1) is 6.04 Å². The van der Waals surface area contributed by atoms with Crippen LogP contribution in [0.4, 0.5) is 4.79 Å². The van der Waals surface area contributed by atoms with Crippen molar-refractivity contribution in [3.05, 3.63) is 21.4 Å². The van der Waals surface area contributed by atoms with Crippen molar-refractivity contribution in [3.63, 3.8) is 0 Å². The predicted molar refractivity (Wildman–Crippen MR) is 86.7 cm³/mol. The van der Waals surface area contributed by atoms with Crippen LogP contribution in [0.2, 0.25) is 0 Å². The first kappa shape index (κ1) is 16.3. The summed E-state index contributed by atoms with van der Waals surface area (Å²) in [4.78, 5) is 14.6. The van der Waals surface area contributed by atoms with Crippen molar-refractivity contribution in [2.24, 2.45) is 5.92 Å². The van der Waals surface area contributed by atoms with E-state index in [2.05, 4.69) is 30.5 Å². The fraction of sp³-hybridized carbons (Fsp3) is 0.688. The van der Waals surface area contributed by atoms with Crippen LogP contribution in [0.15, 0.2) is 6.07 Å². The SMILES string of the molecule is Cc1cc(C(C)NC(=O)NC2CCC(CO)CC2)c(C)s1. The van der Waals surface area contributed by atoms with Crippen molar-refractivity contribution in [2.45, 2.75) is 58.5 Å². The first-order valence-electron chi connectivity index (χ1n) is 7.74. The molecule has 1 aliphatic rings. The summed E-state index contributed by atoms with van der Waals surface area (Å²) in [5.74, 6) is 0.418. The number of rotatable bonds is 4. The molecule has 3 N–H and O–H groups in total. The van der Waals surface area contributed by atoms with Crippen molar-refractivity contribution in [2.75, 3.05) is 6.61 Å². The summed E-state index contributed by atoms with van der Waals surface area (Å²) >= 11 is 1.77. The van der Waals surface area contributed by atoms with Gasteiger partial charge in [-0.15, -0.1) is 11.3 Å². The Hall–Kier alpha value is -1.07. The molecule has 1 aliphatic carbocycles. The zero-order valence-corrected chi connectivity index (χ0v) is 13.9. The Morgan fingerprint density at radius 1 is 1.38 bits per heavy atom. The van der Waals surface area contributed by atoms with E-state index in [1.54, 1.807) is 11.3 Å². The van der Waals surface area contributed by atoms with Gasteiger partial charge in [0, 0.05) is 22.4 Å². The Kier molecular flexibility index (Phi) is 5.65. The second-order valence-corrected chi connectivity index (χ2v) is 7.57. The topological polar surface area (TPSA) is 61.4 Å². The largest absolute Gasteiger partial charge is 0.396 e. The highest BCUT2D eigenvalue weighted by atomic mass is 32.1. The molecule has 118 valence electrons. The number of nitrogens with one attached hydrogen (secondary N) is 2. The summed E-state index contributed by atoms with van der Waals surface area (Å²) in [6.45, 7) is 6.48. The third-order valence-electron chi connectivity index (χ3n) is 4.33. The van der Waals surface area contributed by atoms with Crippen LogP contribution < -0.4 is 10.6 Å². The minimum absolute atomic E-state index is 0.0312. The van der Waals surface area contributed by atoms with E-state index in [9.17, 15) is 4.79 Å². The van der Waals surface area contributed by atoms with E-state index in [1.165, 1.54) is 15.3 Å². The molecule has 0 saturated heterocycles. The highest BCUT2D eigenvalue weighted by Crippen LogP contribution is 2.26. The lowest BCUT2D eigenvalue weighted by molar-refractivity contribution is 0.174. The molecule has 0 aliphatic heterocycles. The predicted octanol–water partition coefficient (Wildman–Crippen LogP) is 3.28. The number of carbonyl (C=O) groups excluding carboxylic acids is 1. The maximum atomic E-state index is 12.1. The zero-order valence-electron chi connectivity index (χ0n) is 13.1. The fourth-order valence-electron chi connectivity index (χ4n) is 3.07. The molecule has 1 heterocycles. The van der Waals surface area contributed by atoms with Gasteiger partial charge in [-0.3, -0.25) is 0 Å². The van der Waals surface area contributed by atoms with Crippen LogP contribution in [0.25, 0.3) is 0 Å². The molecule has 2 amide bonds. The highest BCUT2D eigenvalue weighted by molar-refractivity contribution is 7.12. The number of aryl methyl sites for hydroxylation is 2. The summed E-state index contributed by atoms with van der Waals surface area (Å²) in [6, 6.07) is 2.34. The van der Waals surface area contributed by atoms with Crippen molar-refractivity contribution >= 4 is 17.4 Å². The van der Waals surface area contributed by atoms with E-state index in [1.807, 2.05) is 6.92 Å². The molecule has 2 rings (SSSR count). The third kappa shape index (κ3) is 4.45. The number of amides is 2. The van der Waals surface area contributed by atoms with Crippen LogP contribution in [-0.4, -0.2) is 23.8 Å². The second kappa shape index (κ2) is 7.27. The molecule has 1 aromatic heterocycles. The normalized spacial score (nSPS) is 23.6. The van der Waals surface area contributed by atoms with Gasteiger partial charge in [-0.1, -0.05) is 0 Å². The van der Waals surface area contributed by atoms with E-state index in [0.717, 1.165) is 25.7 Å². The number of aliphatic hydroxyl groups excluding tert-OH is 1. The number of carbonyl (C=O) groups is 1. The van der Waals surface area contributed by atoms with E-state index in [-0.39, 0.29) is 24.7 Å². The lowest BCUT2D eigenvalue weighted by Gasteiger charge is -2.28. The summed E-state index contributed by atoms with van der Waals surface area (Å²) in [6.07, 6.45) is 3.92. The Balaban J connectivity index is 1.81. The van der Waals surface area contributed by atoms with Gasteiger partial charge in [0.1, 0.15) is 0 Å². The molecule has 1 fully saturated rings. The second-order valence-electron chi connectivity index (χ2n) is 6.11. The monoisotopic (exact) mass is 310 g/mol. The average Bonchev–Trinajstić information content (AvgIpc) is 2.78. The lowest BCUT2D eigenvalue weighted by atomic mass is 9.87. The van der Waals surface area contributed by atoms with Crippen LogP contribution in [0.1, 0.15) is 54.0 Å². The van der Waals surface area contributed by atoms with Gasteiger partial charge < -0.3 is 15.7 Å². The minimum Gasteiger partial charge on any atom is -0.396 e. The van der Waals surface area contributed by atoms with Crippen molar-refractivity contribution in [1.82, 2.24) is 10.6 Å². The van der Waals surface area contributed by atoms with Crippen LogP contribution in [0, 0.1) is 19.8 Å². The standard InChI is InChI=1S/C16H26N2O2S/c1-10-8-15(12(3)21-10)11(2)17-16(20)18-14-6-4-13(9-19)5-7-14/h8,11,13-14,19H,4-7,9H2,1-3H3,(H2,17,18,20). The number of hydrogen-bond donors (Lipinski definition) is 3. The first-order valence-corrected chi connectivity index (χ1v) is 8.56. The molecular weight excluding hydrogens is 284 g/mol. The number of urea groups is 1. The number of thiophene rings is 1. The quantitative estimate of drug-likeness (QED) is 0.799. The van der Waals surface area contributed by atoms with E-state index in [4.69, 9.17) is 5.11 Å². The number of hydrogen-bond acceptors (Lipinski definition) is 3. The third-order valence-corrected chi connectivity index (χ3v) is 5.32. The summed E-state index contributed by atoms with van der Waals surface area (Å²) in [5, 5.41) is 15.2. The van der Waals surface area contributed by atoms with Gasteiger partial charge >= 0.3 is 6.03 Å². The maximum absolute atomic E-state index is 12.1. The maximum Gasteiger partial charge on any atom is 0.315 e. The fourth-order valence-corrected chi connectivity index (χ4v) is 4.09. The van der Waals surface area contributed by atoms with Crippen molar-refractivity contribution in [1.29, 1.82) is 0 Å². The summed E-state index contributed by atoms with van der Waals surface area (Å²) in [7, 11) is 0. The average molecular weight is 310 g/mol. The molecule has 0 aromatic carbocycles. The molecule has 4 nitrogen and oxygen atoms in total. The molecule has 1 aromatic rings. The molecule has 1 atom stereocenters. The molecule has 0 radical (unpaired) electrons. The zero-order chi connectivity index (χ0) is 15.4. The first-order chi connectivity index (χ1) is 9.99. The summed E-state index contributed by atoms with van der Waals surface area (Å²) in [5.41, 5.74) is 1.21. The molecule has 21 heavy (non-hydrogen) atoms. The van der Waals surface area contributed by atoms with Gasteiger partial charge in [-0.2, -0.15) is 0 Å². The van der Waals surface area contributed by atoms with Gasteiger partial charge in [-0.25, -0.2) is 4.79 Å². The molecule has 1 unspecified atom stereocenters. The number of aliphatic hydroxyl groups is 1. The van der Waals surface area contributed by atoms with E-state index in [0.29, 0.717) is 5.92 Å². The Bertz CT molecular complexity index is 479. The summed E-state index contributed by atoms with van der Waals surface area (Å²) < 4.78 is 0. The van der Waals surface area contributed by atoms with Crippen LogP contribution in [-0.2, 0) is 0 Å². The van der Waals surface area contributed by atoms with E-state index >= 15 is 0 Å². The lowest BCUT2D eigenvalue weighted by Crippen LogP contribution is -2.44. The molecule has 5 heteroatoms. The Morgan fingerprint density at radius 3 is 2.57 bits per heavy atom. The minimum atomic E-state index is -0.0850.